The van der Waals surface area contributed by atoms with Crippen LogP contribution in [0.5, 0.6) is 0 Å². The molecule has 0 spiro atoms. The van der Waals surface area contributed by atoms with Crippen LogP contribution in [0.2, 0.25) is 0 Å². The monoisotopic (exact) mass is 311 g/mol. The fourth-order valence-electron chi connectivity index (χ4n) is 2.85. The Kier molecular flexibility index (Phi) is 5.01. The lowest BCUT2D eigenvalue weighted by molar-refractivity contribution is 0.608. The predicted octanol–water partition coefficient (Wildman–Crippen LogP) is 3.33. The van der Waals surface area contributed by atoms with Gasteiger partial charge in [-0.25, -0.2) is 4.98 Å². The number of hydrogen-bond acceptors (Lipinski definition) is 3. The number of aromatic nitrogens is 1. The third kappa shape index (κ3) is 3.04. The Labute approximate surface area is 118 Å². The van der Waals surface area contributed by atoms with Gasteiger partial charge in [-0.3, -0.25) is 0 Å². The summed E-state index contributed by atoms with van der Waals surface area (Å²) < 4.78 is 1.05. The molecule has 1 aliphatic carbocycles. The van der Waals surface area contributed by atoms with Crippen LogP contribution in [0.25, 0.3) is 0 Å². The number of pyridine rings is 1. The Morgan fingerprint density at radius 1 is 1.44 bits per heavy atom. The van der Waals surface area contributed by atoms with E-state index in [1.54, 1.807) is 0 Å². The van der Waals surface area contributed by atoms with E-state index in [9.17, 15) is 0 Å². The zero-order valence-electron chi connectivity index (χ0n) is 11.2. The summed E-state index contributed by atoms with van der Waals surface area (Å²) in [5, 5.41) is 3.23. The molecule has 0 radical (unpaired) electrons. The van der Waals surface area contributed by atoms with Crippen LogP contribution in [-0.2, 0) is 6.54 Å². The van der Waals surface area contributed by atoms with E-state index in [4.69, 9.17) is 0 Å². The van der Waals surface area contributed by atoms with E-state index in [0.29, 0.717) is 6.04 Å². The van der Waals surface area contributed by atoms with Gasteiger partial charge in [0.1, 0.15) is 5.82 Å². The lowest BCUT2D eigenvalue weighted by Crippen LogP contribution is -2.34. The van der Waals surface area contributed by atoms with Gasteiger partial charge in [-0.1, -0.05) is 12.8 Å². The maximum absolute atomic E-state index is 4.65. The fourth-order valence-corrected chi connectivity index (χ4v) is 3.23. The highest BCUT2D eigenvalue weighted by atomic mass is 79.9. The molecular formula is C14H22BrN3. The van der Waals surface area contributed by atoms with E-state index in [0.717, 1.165) is 23.4 Å². The van der Waals surface area contributed by atoms with Gasteiger partial charge >= 0.3 is 0 Å². The predicted molar refractivity (Wildman–Crippen MR) is 80.0 cm³/mol. The summed E-state index contributed by atoms with van der Waals surface area (Å²) in [5.41, 5.74) is 1.28. The SMILES string of the molecule is CCN(c1ncc(Br)cc1CNC)C1CCCC1. The average Bonchev–Trinajstić information content (AvgIpc) is 2.87. The second-order valence-corrected chi connectivity index (χ2v) is 5.81. The van der Waals surface area contributed by atoms with Gasteiger partial charge in [-0.2, -0.15) is 0 Å². The van der Waals surface area contributed by atoms with Gasteiger partial charge in [0, 0.05) is 35.4 Å². The Morgan fingerprint density at radius 2 is 2.17 bits per heavy atom. The van der Waals surface area contributed by atoms with Crippen LogP contribution in [-0.4, -0.2) is 24.6 Å². The molecule has 18 heavy (non-hydrogen) atoms. The van der Waals surface area contributed by atoms with Gasteiger partial charge in [0.15, 0.2) is 0 Å². The lowest BCUT2D eigenvalue weighted by atomic mass is 10.1. The molecule has 1 aromatic rings. The second kappa shape index (κ2) is 6.53. The highest BCUT2D eigenvalue weighted by Crippen LogP contribution is 2.30. The Hall–Kier alpha value is -0.610. The molecule has 4 heteroatoms. The quantitative estimate of drug-likeness (QED) is 0.904. The molecule has 0 unspecified atom stereocenters. The third-order valence-corrected chi connectivity index (χ3v) is 4.09. The molecule has 3 nitrogen and oxygen atoms in total. The van der Waals surface area contributed by atoms with Crippen molar-refractivity contribution in [2.24, 2.45) is 0 Å². The summed E-state index contributed by atoms with van der Waals surface area (Å²) in [5.74, 6) is 1.15. The van der Waals surface area contributed by atoms with Crippen molar-refractivity contribution in [3.05, 3.63) is 22.3 Å². The van der Waals surface area contributed by atoms with Crippen molar-refractivity contribution in [1.82, 2.24) is 10.3 Å². The maximum atomic E-state index is 4.65. The van der Waals surface area contributed by atoms with Crippen molar-refractivity contribution < 1.29 is 0 Å². The summed E-state index contributed by atoms with van der Waals surface area (Å²) in [4.78, 5) is 7.13. The first-order chi connectivity index (χ1) is 8.76. The molecule has 1 N–H and O–H groups in total. The molecule has 1 aliphatic rings. The van der Waals surface area contributed by atoms with E-state index in [1.165, 1.54) is 31.2 Å². The number of rotatable bonds is 5. The van der Waals surface area contributed by atoms with E-state index in [1.807, 2.05) is 13.2 Å². The Morgan fingerprint density at radius 3 is 2.78 bits per heavy atom. The number of nitrogens with zero attached hydrogens (tertiary/aromatic N) is 2. The van der Waals surface area contributed by atoms with Gasteiger partial charge in [-0.15, -0.1) is 0 Å². The number of hydrogen-bond donors (Lipinski definition) is 1. The van der Waals surface area contributed by atoms with Crippen molar-refractivity contribution in [2.45, 2.75) is 45.2 Å². The first-order valence-electron chi connectivity index (χ1n) is 6.82. The number of nitrogens with one attached hydrogen (secondary N) is 1. The number of anilines is 1. The first-order valence-corrected chi connectivity index (χ1v) is 7.61. The van der Waals surface area contributed by atoms with E-state index in [-0.39, 0.29) is 0 Å². The molecule has 1 saturated carbocycles. The minimum Gasteiger partial charge on any atom is -0.354 e. The van der Waals surface area contributed by atoms with Crippen molar-refractivity contribution >= 4 is 21.7 Å². The van der Waals surface area contributed by atoms with Crippen LogP contribution in [0.1, 0.15) is 38.2 Å². The molecule has 0 saturated heterocycles. The van der Waals surface area contributed by atoms with Crippen LogP contribution in [0.4, 0.5) is 5.82 Å². The minimum absolute atomic E-state index is 0.680. The molecule has 100 valence electrons. The van der Waals surface area contributed by atoms with E-state index >= 15 is 0 Å². The van der Waals surface area contributed by atoms with Crippen LogP contribution < -0.4 is 10.2 Å². The molecule has 0 bridgehead atoms. The molecule has 1 fully saturated rings. The second-order valence-electron chi connectivity index (χ2n) is 4.89. The number of halogens is 1. The third-order valence-electron chi connectivity index (χ3n) is 3.65. The lowest BCUT2D eigenvalue weighted by Gasteiger charge is -2.30. The van der Waals surface area contributed by atoms with Crippen molar-refractivity contribution in [3.8, 4) is 0 Å². The van der Waals surface area contributed by atoms with Crippen LogP contribution >= 0.6 is 15.9 Å². The molecular weight excluding hydrogens is 290 g/mol. The molecule has 0 atom stereocenters. The van der Waals surface area contributed by atoms with Crippen molar-refractivity contribution in [3.63, 3.8) is 0 Å². The van der Waals surface area contributed by atoms with Gasteiger partial charge in [0.25, 0.3) is 0 Å². The molecule has 2 rings (SSSR count). The fraction of sp³-hybridized carbons (Fsp3) is 0.643. The summed E-state index contributed by atoms with van der Waals surface area (Å²) in [6.07, 6.45) is 7.25. The first kappa shape index (κ1) is 13.8. The van der Waals surface area contributed by atoms with Gasteiger partial charge < -0.3 is 10.2 Å². The zero-order chi connectivity index (χ0) is 13.0. The Bertz CT molecular complexity index is 389. The largest absolute Gasteiger partial charge is 0.354 e. The highest BCUT2D eigenvalue weighted by Gasteiger charge is 2.24. The Balaban J connectivity index is 2.28. The average molecular weight is 312 g/mol. The van der Waals surface area contributed by atoms with Crippen LogP contribution in [0.3, 0.4) is 0 Å². The standard InChI is InChI=1S/C14H22BrN3/c1-3-18(13-6-4-5-7-13)14-11(9-16-2)8-12(15)10-17-14/h8,10,13,16H,3-7,9H2,1-2H3. The maximum Gasteiger partial charge on any atom is 0.133 e. The van der Waals surface area contributed by atoms with Crippen LogP contribution in [0.15, 0.2) is 16.7 Å². The smallest absolute Gasteiger partial charge is 0.133 e. The molecule has 0 aliphatic heterocycles. The van der Waals surface area contributed by atoms with Crippen molar-refractivity contribution in [1.29, 1.82) is 0 Å². The van der Waals surface area contributed by atoms with Crippen molar-refractivity contribution in [2.75, 3.05) is 18.5 Å². The zero-order valence-corrected chi connectivity index (χ0v) is 12.8. The van der Waals surface area contributed by atoms with E-state index < -0.39 is 0 Å². The summed E-state index contributed by atoms with van der Waals surface area (Å²) in [7, 11) is 1.98. The van der Waals surface area contributed by atoms with E-state index in [2.05, 4.69) is 44.1 Å². The summed E-state index contributed by atoms with van der Waals surface area (Å²) in [6.45, 7) is 4.13. The summed E-state index contributed by atoms with van der Waals surface area (Å²) in [6, 6.07) is 2.86. The molecule has 0 aromatic carbocycles. The normalized spacial score (nSPS) is 16.2. The minimum atomic E-state index is 0.680. The summed E-state index contributed by atoms with van der Waals surface area (Å²) >= 11 is 3.51. The van der Waals surface area contributed by atoms with Crippen LogP contribution in [0, 0.1) is 0 Å². The highest BCUT2D eigenvalue weighted by molar-refractivity contribution is 9.10. The van der Waals surface area contributed by atoms with Gasteiger partial charge in [0.2, 0.25) is 0 Å². The van der Waals surface area contributed by atoms with Gasteiger partial charge in [-0.05, 0) is 48.8 Å². The van der Waals surface area contributed by atoms with Gasteiger partial charge in [0.05, 0.1) is 0 Å². The molecule has 1 heterocycles. The topological polar surface area (TPSA) is 28.2 Å². The molecule has 1 aromatic heterocycles. The molecule has 0 amide bonds.